The Hall–Kier alpha value is -4.02. The zero-order chi connectivity index (χ0) is 25.5. The summed E-state index contributed by atoms with van der Waals surface area (Å²) in [5, 5.41) is 11.7. The first-order chi connectivity index (χ1) is 18.7. The van der Waals surface area contributed by atoms with Crippen LogP contribution in [0.3, 0.4) is 0 Å². The molecular weight excluding hydrogens is 499 g/mol. The van der Waals surface area contributed by atoms with Crippen molar-refractivity contribution in [1.29, 1.82) is 0 Å². The first kappa shape index (κ1) is 23.1. The molecular formula is C28H25FN8S. The average molecular weight is 525 g/mol. The Labute approximate surface area is 221 Å². The molecule has 0 saturated heterocycles. The molecule has 1 fully saturated rings. The van der Waals surface area contributed by atoms with Crippen LogP contribution in [0.2, 0.25) is 0 Å². The topological polar surface area (TPSA) is 108 Å². The van der Waals surface area contributed by atoms with Gasteiger partial charge in [-0.05, 0) is 61.2 Å². The summed E-state index contributed by atoms with van der Waals surface area (Å²) in [7, 11) is 0. The van der Waals surface area contributed by atoms with E-state index in [0.29, 0.717) is 28.4 Å². The standard InChI is InChI=1S/C28H25FN8S/c29-23-6-5-22(38-23)26-25-21(7-8-32-26)34-28(35-25)24-20-10-19(15-33-27(20)37-36-24)18-9-17(13-31-14-18)12-30-11-16-3-1-2-4-16/h5-10,13-16,30H,1-4,11-12H2,(H,34,35)(H,33,36,37). The molecule has 3 N–H and O–H groups in total. The number of halogens is 1. The zero-order valence-electron chi connectivity index (χ0n) is 20.5. The highest BCUT2D eigenvalue weighted by Gasteiger charge is 2.18. The van der Waals surface area contributed by atoms with Crippen LogP contribution in [-0.2, 0) is 6.54 Å². The van der Waals surface area contributed by atoms with Gasteiger partial charge >= 0.3 is 0 Å². The van der Waals surface area contributed by atoms with E-state index in [9.17, 15) is 4.39 Å². The molecule has 0 aliphatic heterocycles. The maximum Gasteiger partial charge on any atom is 0.177 e. The quantitative estimate of drug-likeness (QED) is 0.233. The lowest BCUT2D eigenvalue weighted by molar-refractivity contribution is 0.489. The number of hydrogen-bond acceptors (Lipinski definition) is 7. The molecule has 6 heterocycles. The van der Waals surface area contributed by atoms with Gasteiger partial charge in [-0.3, -0.25) is 15.1 Å². The Balaban J connectivity index is 1.20. The fraction of sp³-hybridized carbons (Fsp3) is 0.250. The van der Waals surface area contributed by atoms with Crippen molar-refractivity contribution in [2.24, 2.45) is 5.92 Å². The molecule has 6 aromatic rings. The van der Waals surface area contributed by atoms with Crippen LogP contribution in [0.4, 0.5) is 4.39 Å². The predicted molar refractivity (Wildman–Crippen MR) is 147 cm³/mol. The summed E-state index contributed by atoms with van der Waals surface area (Å²) < 4.78 is 13.7. The molecule has 8 nitrogen and oxygen atoms in total. The smallest absolute Gasteiger partial charge is 0.177 e. The third kappa shape index (κ3) is 4.35. The van der Waals surface area contributed by atoms with Crippen LogP contribution in [0.25, 0.3) is 55.3 Å². The zero-order valence-corrected chi connectivity index (χ0v) is 21.4. The Morgan fingerprint density at radius 2 is 1.89 bits per heavy atom. The predicted octanol–water partition coefficient (Wildman–Crippen LogP) is 6.11. The minimum absolute atomic E-state index is 0.255. The minimum Gasteiger partial charge on any atom is -0.336 e. The molecule has 190 valence electrons. The van der Waals surface area contributed by atoms with Gasteiger partial charge in [0.15, 0.2) is 16.6 Å². The first-order valence-electron chi connectivity index (χ1n) is 12.8. The van der Waals surface area contributed by atoms with E-state index in [0.717, 1.165) is 62.8 Å². The van der Waals surface area contributed by atoms with Gasteiger partial charge < -0.3 is 10.3 Å². The van der Waals surface area contributed by atoms with Gasteiger partial charge in [-0.1, -0.05) is 12.8 Å². The van der Waals surface area contributed by atoms with Gasteiger partial charge in [-0.2, -0.15) is 9.49 Å². The molecule has 7 rings (SSSR count). The number of imidazole rings is 1. The van der Waals surface area contributed by atoms with Crippen LogP contribution < -0.4 is 5.32 Å². The fourth-order valence-corrected chi connectivity index (χ4v) is 6.02. The van der Waals surface area contributed by atoms with E-state index in [-0.39, 0.29) is 5.13 Å². The highest BCUT2D eigenvalue weighted by Crippen LogP contribution is 2.33. The number of aromatic nitrogens is 7. The fourth-order valence-electron chi connectivity index (χ4n) is 5.29. The summed E-state index contributed by atoms with van der Waals surface area (Å²) in [4.78, 5) is 22.5. The molecule has 0 aromatic carbocycles. The second-order valence-electron chi connectivity index (χ2n) is 9.80. The highest BCUT2D eigenvalue weighted by atomic mass is 32.1. The maximum absolute atomic E-state index is 13.7. The number of thiophene rings is 1. The van der Waals surface area contributed by atoms with Crippen LogP contribution >= 0.6 is 11.3 Å². The normalized spacial score (nSPS) is 14.2. The van der Waals surface area contributed by atoms with E-state index in [4.69, 9.17) is 4.98 Å². The summed E-state index contributed by atoms with van der Waals surface area (Å²) in [6.07, 6.45) is 12.7. The number of nitrogens with one attached hydrogen (secondary N) is 3. The van der Waals surface area contributed by atoms with Gasteiger partial charge in [0.05, 0.1) is 15.8 Å². The highest BCUT2D eigenvalue weighted by molar-refractivity contribution is 7.13. The molecule has 0 atom stereocenters. The van der Waals surface area contributed by atoms with Gasteiger partial charge in [0.25, 0.3) is 0 Å². The van der Waals surface area contributed by atoms with E-state index in [1.807, 2.05) is 24.7 Å². The first-order valence-corrected chi connectivity index (χ1v) is 13.6. The van der Waals surface area contributed by atoms with Gasteiger partial charge in [0.2, 0.25) is 0 Å². The molecule has 0 unspecified atom stereocenters. The van der Waals surface area contributed by atoms with Crippen molar-refractivity contribution in [3.05, 3.63) is 65.8 Å². The number of H-pyrrole nitrogens is 2. The van der Waals surface area contributed by atoms with Crippen molar-refractivity contribution in [2.75, 3.05) is 6.54 Å². The van der Waals surface area contributed by atoms with E-state index in [1.165, 1.54) is 31.7 Å². The third-order valence-corrected chi connectivity index (χ3v) is 8.09. The second kappa shape index (κ2) is 9.70. The molecule has 0 spiro atoms. The molecule has 1 saturated carbocycles. The molecule has 6 aromatic heterocycles. The van der Waals surface area contributed by atoms with Gasteiger partial charge in [-0.25, -0.2) is 9.97 Å². The Kier molecular flexibility index (Phi) is 5.90. The maximum atomic E-state index is 13.7. The number of pyridine rings is 3. The van der Waals surface area contributed by atoms with Crippen molar-refractivity contribution < 1.29 is 4.39 Å². The van der Waals surface area contributed by atoms with Crippen molar-refractivity contribution >= 4 is 33.4 Å². The Morgan fingerprint density at radius 1 is 1.00 bits per heavy atom. The van der Waals surface area contributed by atoms with Crippen LogP contribution in [0, 0.1) is 11.0 Å². The molecule has 10 heteroatoms. The average Bonchev–Trinajstić information content (AvgIpc) is 3.74. The van der Waals surface area contributed by atoms with Gasteiger partial charge in [-0.15, -0.1) is 11.3 Å². The number of fused-ring (bicyclic) bond motifs is 2. The third-order valence-electron chi connectivity index (χ3n) is 7.21. The monoisotopic (exact) mass is 524 g/mol. The van der Waals surface area contributed by atoms with E-state index >= 15 is 0 Å². The summed E-state index contributed by atoms with van der Waals surface area (Å²) in [6, 6.07) is 9.25. The number of rotatable bonds is 7. The van der Waals surface area contributed by atoms with Crippen molar-refractivity contribution in [3.8, 4) is 33.2 Å². The van der Waals surface area contributed by atoms with Gasteiger partial charge in [0, 0.05) is 42.5 Å². The van der Waals surface area contributed by atoms with E-state index in [2.05, 4.69) is 47.6 Å². The molecule has 1 aliphatic carbocycles. The van der Waals surface area contributed by atoms with Crippen LogP contribution in [0.15, 0.2) is 55.1 Å². The van der Waals surface area contributed by atoms with E-state index in [1.54, 1.807) is 12.3 Å². The van der Waals surface area contributed by atoms with Crippen molar-refractivity contribution in [3.63, 3.8) is 0 Å². The molecule has 1 aliphatic rings. The van der Waals surface area contributed by atoms with Gasteiger partial charge in [0.1, 0.15) is 16.9 Å². The summed E-state index contributed by atoms with van der Waals surface area (Å²) in [6.45, 7) is 1.86. The van der Waals surface area contributed by atoms with Crippen molar-refractivity contribution in [2.45, 2.75) is 32.2 Å². The lowest BCUT2D eigenvalue weighted by Crippen LogP contribution is -2.20. The molecule has 0 radical (unpaired) electrons. The number of aromatic amines is 2. The number of nitrogens with zero attached hydrogens (tertiary/aromatic N) is 5. The summed E-state index contributed by atoms with van der Waals surface area (Å²) in [5.41, 5.74) is 6.56. The van der Waals surface area contributed by atoms with Crippen LogP contribution in [0.1, 0.15) is 31.2 Å². The van der Waals surface area contributed by atoms with Crippen LogP contribution in [0.5, 0.6) is 0 Å². The Morgan fingerprint density at radius 3 is 2.76 bits per heavy atom. The Bertz CT molecular complexity index is 1750. The lowest BCUT2D eigenvalue weighted by atomic mass is 10.1. The SMILES string of the molecule is Fc1ccc(-c2nccc3[nH]c(-c4n[nH]c5ncc(-c6cncc(CNCC7CCCC7)c6)cc45)nc23)s1. The number of hydrogen-bond donors (Lipinski definition) is 3. The molecule has 38 heavy (non-hydrogen) atoms. The summed E-state index contributed by atoms with van der Waals surface area (Å²) >= 11 is 1.05. The molecule has 0 bridgehead atoms. The second-order valence-corrected chi connectivity index (χ2v) is 10.8. The van der Waals surface area contributed by atoms with E-state index < -0.39 is 0 Å². The van der Waals surface area contributed by atoms with Crippen LogP contribution in [-0.4, -0.2) is 41.7 Å². The summed E-state index contributed by atoms with van der Waals surface area (Å²) in [5.74, 6) is 1.40. The van der Waals surface area contributed by atoms with Crippen molar-refractivity contribution in [1.82, 2.24) is 40.4 Å². The minimum atomic E-state index is -0.255. The largest absolute Gasteiger partial charge is 0.336 e. The molecule has 0 amide bonds. The lowest BCUT2D eigenvalue weighted by Gasteiger charge is -2.11.